The summed E-state index contributed by atoms with van der Waals surface area (Å²) in [4.78, 5) is 87.9. The first-order valence-electron chi connectivity index (χ1n) is 19.7. The predicted molar refractivity (Wildman–Crippen MR) is 198 cm³/mol. The van der Waals surface area contributed by atoms with Crippen LogP contribution in [0.25, 0.3) is 0 Å². The van der Waals surface area contributed by atoms with Crippen molar-refractivity contribution in [2.24, 2.45) is 35.5 Å². The van der Waals surface area contributed by atoms with Gasteiger partial charge in [-0.3, -0.25) is 33.8 Å². The molecule has 1 saturated heterocycles. The molecule has 2 amide bonds. The lowest BCUT2D eigenvalue weighted by Crippen LogP contribution is -2.56. The van der Waals surface area contributed by atoms with Crippen LogP contribution in [0.4, 0.5) is 0 Å². The fourth-order valence-electron chi connectivity index (χ4n) is 8.22. The summed E-state index contributed by atoms with van der Waals surface area (Å²) in [7, 11) is 0. The van der Waals surface area contributed by atoms with Crippen molar-refractivity contribution in [2.45, 2.75) is 137 Å². The SMILES string of the molecule is CCCC(CC(=O)C1[C@H]2CCC[C@H]2CN1C(=O)[C@@H](NC(=O)[C@H](CC(=O)CCCCc1nn[nH]n1)C(C)C)C(C)C)C(=O)C(=O)C[C@H](C)c1ccncc1. The molecule has 2 N–H and O–H groups in total. The summed E-state index contributed by atoms with van der Waals surface area (Å²) in [5.41, 5.74) is 0.919. The fourth-order valence-corrected chi connectivity index (χ4v) is 8.22. The van der Waals surface area contributed by atoms with Gasteiger partial charge in [0.2, 0.25) is 17.6 Å². The van der Waals surface area contributed by atoms with Crippen LogP contribution in [-0.2, 0) is 35.2 Å². The van der Waals surface area contributed by atoms with Crippen molar-refractivity contribution in [2.75, 3.05) is 6.54 Å². The Kier molecular flexibility index (Phi) is 15.5. The number of aryl methyl sites for hydroxylation is 1. The lowest BCUT2D eigenvalue weighted by atomic mass is 9.83. The Morgan fingerprint density at radius 1 is 0.943 bits per heavy atom. The maximum absolute atomic E-state index is 14.4. The Morgan fingerprint density at radius 3 is 2.32 bits per heavy atom. The average molecular weight is 734 g/mol. The summed E-state index contributed by atoms with van der Waals surface area (Å²) >= 11 is 0. The second-order valence-corrected chi connectivity index (χ2v) is 16.0. The van der Waals surface area contributed by atoms with Crippen LogP contribution in [0.3, 0.4) is 0 Å². The van der Waals surface area contributed by atoms with Crippen molar-refractivity contribution in [3.63, 3.8) is 0 Å². The number of nitrogens with one attached hydrogen (secondary N) is 2. The van der Waals surface area contributed by atoms with Crippen LogP contribution >= 0.6 is 0 Å². The minimum absolute atomic E-state index is 0.0149. The number of ketones is 4. The Balaban J connectivity index is 1.42. The van der Waals surface area contributed by atoms with Crippen LogP contribution in [0.1, 0.15) is 129 Å². The molecule has 13 nitrogen and oxygen atoms in total. The molecule has 4 rings (SSSR count). The monoisotopic (exact) mass is 733 g/mol. The molecular formula is C40H59N7O6. The highest BCUT2D eigenvalue weighted by atomic mass is 16.2. The number of fused-ring (bicyclic) bond motifs is 1. The molecule has 0 spiro atoms. The summed E-state index contributed by atoms with van der Waals surface area (Å²) < 4.78 is 0. The Labute approximate surface area is 313 Å². The molecule has 2 aliphatic rings. The minimum Gasteiger partial charge on any atom is -0.344 e. The van der Waals surface area contributed by atoms with Gasteiger partial charge in [0.25, 0.3) is 0 Å². The molecule has 1 saturated carbocycles. The fraction of sp³-hybridized carbons (Fsp3) is 0.700. The Bertz CT molecular complexity index is 1550. The van der Waals surface area contributed by atoms with Crippen LogP contribution in [0.15, 0.2) is 24.5 Å². The number of hydrogen-bond acceptors (Lipinski definition) is 10. The quantitative estimate of drug-likeness (QED) is 0.123. The zero-order valence-electron chi connectivity index (χ0n) is 32.4. The third-order valence-electron chi connectivity index (χ3n) is 11.3. The average Bonchev–Trinajstić information content (AvgIpc) is 3.89. The molecule has 2 fully saturated rings. The molecular weight excluding hydrogens is 674 g/mol. The van der Waals surface area contributed by atoms with E-state index in [1.807, 2.05) is 53.7 Å². The van der Waals surface area contributed by atoms with Gasteiger partial charge < -0.3 is 10.2 Å². The van der Waals surface area contributed by atoms with Gasteiger partial charge in [-0.15, -0.1) is 10.2 Å². The number of pyridine rings is 1. The number of tetrazole rings is 1. The van der Waals surface area contributed by atoms with E-state index in [0.29, 0.717) is 44.5 Å². The normalized spacial score (nSPS) is 20.5. The zero-order valence-corrected chi connectivity index (χ0v) is 32.4. The van der Waals surface area contributed by atoms with Gasteiger partial charge in [0.1, 0.15) is 11.8 Å². The highest BCUT2D eigenvalue weighted by Crippen LogP contribution is 2.43. The summed E-state index contributed by atoms with van der Waals surface area (Å²) in [6.07, 6.45) is 9.39. The predicted octanol–water partition coefficient (Wildman–Crippen LogP) is 5.01. The zero-order chi connectivity index (χ0) is 38.7. The van der Waals surface area contributed by atoms with Crippen LogP contribution in [0.5, 0.6) is 0 Å². The van der Waals surface area contributed by atoms with Gasteiger partial charge in [-0.25, -0.2) is 0 Å². The third kappa shape index (κ3) is 11.2. The first-order valence-corrected chi connectivity index (χ1v) is 19.7. The van der Waals surface area contributed by atoms with Crippen molar-refractivity contribution in [3.05, 3.63) is 35.9 Å². The standard InChI is InChI=1S/C40H59N7O6/c1-7-11-28(38(51)34(50)20-26(6)27-16-18-41-19-17-27)21-33(49)37-31-14-10-12-29(31)23-47(37)40(53)36(25(4)5)42-39(52)32(24(2)3)22-30(48)13-8-9-15-35-43-45-46-44-35/h16-19,24-26,28-29,31-32,36-37H,7-15,20-23H2,1-6H3,(H,42,52)(H,43,44,45,46)/t26-,28?,29-,31-,32+,36-,37?/m0/s1. The van der Waals surface area contributed by atoms with Gasteiger partial charge in [0, 0.05) is 62.9 Å². The van der Waals surface area contributed by atoms with E-state index in [9.17, 15) is 28.8 Å². The summed E-state index contributed by atoms with van der Waals surface area (Å²) in [5.74, 6) is -3.04. The summed E-state index contributed by atoms with van der Waals surface area (Å²) in [5, 5.41) is 16.8. The number of nitrogens with zero attached hydrogens (tertiary/aromatic N) is 5. The number of unbranched alkanes of at least 4 members (excludes halogenated alkanes) is 1. The number of carbonyl (C=O) groups excluding carboxylic acids is 6. The molecule has 13 heteroatoms. The molecule has 2 unspecified atom stereocenters. The number of hydrogen-bond donors (Lipinski definition) is 2. The molecule has 0 bridgehead atoms. The number of rotatable bonds is 22. The lowest BCUT2D eigenvalue weighted by Gasteiger charge is -2.33. The van der Waals surface area contributed by atoms with E-state index in [-0.39, 0.29) is 72.2 Å². The van der Waals surface area contributed by atoms with Crippen molar-refractivity contribution in [3.8, 4) is 0 Å². The largest absolute Gasteiger partial charge is 0.344 e. The molecule has 1 aliphatic heterocycles. The second-order valence-electron chi connectivity index (χ2n) is 16.0. The van der Waals surface area contributed by atoms with Crippen molar-refractivity contribution in [1.29, 1.82) is 0 Å². The van der Waals surface area contributed by atoms with Gasteiger partial charge in [-0.1, -0.05) is 59.6 Å². The lowest BCUT2D eigenvalue weighted by molar-refractivity contribution is -0.145. The third-order valence-corrected chi connectivity index (χ3v) is 11.3. The molecule has 1 aliphatic carbocycles. The van der Waals surface area contributed by atoms with Gasteiger partial charge in [-0.2, -0.15) is 5.21 Å². The van der Waals surface area contributed by atoms with E-state index in [0.717, 1.165) is 31.2 Å². The molecule has 290 valence electrons. The second kappa shape index (κ2) is 19.8. The molecule has 2 aromatic heterocycles. The number of amides is 2. The number of likely N-dealkylation sites (tertiary alicyclic amines) is 1. The first-order chi connectivity index (χ1) is 25.3. The number of carbonyl (C=O) groups is 6. The van der Waals surface area contributed by atoms with Crippen molar-refractivity contribution in [1.82, 2.24) is 35.8 Å². The van der Waals surface area contributed by atoms with Gasteiger partial charge in [0.15, 0.2) is 17.4 Å². The van der Waals surface area contributed by atoms with Gasteiger partial charge >= 0.3 is 0 Å². The van der Waals surface area contributed by atoms with Crippen LogP contribution in [-0.4, -0.2) is 84.1 Å². The van der Waals surface area contributed by atoms with E-state index >= 15 is 0 Å². The smallest absolute Gasteiger partial charge is 0.246 e. The first kappa shape index (κ1) is 41.6. The number of H-pyrrole nitrogens is 1. The maximum Gasteiger partial charge on any atom is 0.246 e. The summed E-state index contributed by atoms with van der Waals surface area (Å²) in [6, 6.07) is 2.07. The molecule has 53 heavy (non-hydrogen) atoms. The van der Waals surface area contributed by atoms with E-state index in [1.165, 1.54) is 0 Å². The van der Waals surface area contributed by atoms with Crippen molar-refractivity contribution >= 4 is 34.9 Å². The van der Waals surface area contributed by atoms with Crippen molar-refractivity contribution < 1.29 is 28.8 Å². The molecule has 7 atom stereocenters. The molecule has 3 heterocycles. The summed E-state index contributed by atoms with van der Waals surface area (Å²) in [6.45, 7) is 11.8. The highest BCUT2D eigenvalue weighted by Gasteiger charge is 2.51. The Morgan fingerprint density at radius 2 is 1.68 bits per heavy atom. The van der Waals surface area contributed by atoms with E-state index < -0.39 is 35.5 Å². The number of aromatic amines is 1. The number of aromatic nitrogens is 5. The van der Waals surface area contributed by atoms with Crippen LogP contribution < -0.4 is 5.32 Å². The number of Topliss-reactive ketones (excluding diaryl/α,β-unsaturated/α-hetero) is 4. The van der Waals surface area contributed by atoms with Crippen LogP contribution in [0.2, 0.25) is 0 Å². The van der Waals surface area contributed by atoms with Crippen LogP contribution in [0, 0.1) is 35.5 Å². The topological polar surface area (TPSA) is 185 Å². The molecule has 0 aromatic carbocycles. The Hall–Kier alpha value is -4.16. The molecule has 2 aromatic rings. The van der Waals surface area contributed by atoms with E-state index in [4.69, 9.17) is 0 Å². The van der Waals surface area contributed by atoms with E-state index in [1.54, 1.807) is 17.3 Å². The van der Waals surface area contributed by atoms with Gasteiger partial charge in [-0.05, 0) is 79.4 Å². The van der Waals surface area contributed by atoms with Gasteiger partial charge in [0.05, 0.1) is 6.04 Å². The highest BCUT2D eigenvalue weighted by molar-refractivity contribution is 6.38. The van der Waals surface area contributed by atoms with E-state index in [2.05, 4.69) is 30.9 Å². The molecule has 0 radical (unpaired) electrons. The maximum atomic E-state index is 14.4. The minimum atomic E-state index is -0.882.